The highest BCUT2D eigenvalue weighted by Gasteiger charge is 2.39. The lowest BCUT2D eigenvalue weighted by Crippen LogP contribution is -2.46. The third kappa shape index (κ3) is 4.29. The first kappa shape index (κ1) is 22.4. The number of halogens is 1. The Morgan fingerprint density at radius 3 is 2.61 bits per heavy atom. The summed E-state index contributed by atoms with van der Waals surface area (Å²) in [6.07, 6.45) is 4.88. The highest BCUT2D eigenvalue weighted by Crippen LogP contribution is 2.39. The number of rotatable bonds is 5. The fourth-order valence-electron chi connectivity index (χ4n) is 4.54. The van der Waals surface area contributed by atoms with E-state index in [2.05, 4.69) is 20.0 Å². The molecule has 3 N–H and O–H groups in total. The highest BCUT2D eigenvalue weighted by molar-refractivity contribution is 7.87. The van der Waals surface area contributed by atoms with E-state index in [1.807, 2.05) is 0 Å². The van der Waals surface area contributed by atoms with Crippen molar-refractivity contribution in [1.29, 1.82) is 0 Å². The summed E-state index contributed by atoms with van der Waals surface area (Å²) < 4.78 is 29.1. The smallest absolute Gasteiger partial charge is 0.279 e. The molecule has 2 fully saturated rings. The van der Waals surface area contributed by atoms with Crippen LogP contribution >= 0.6 is 11.6 Å². The predicted octanol–water partition coefficient (Wildman–Crippen LogP) is 1.26. The maximum Gasteiger partial charge on any atom is 0.279 e. The molecule has 0 amide bonds. The Kier molecular flexibility index (Phi) is 5.99. The molecule has 0 radical (unpaired) electrons. The summed E-state index contributed by atoms with van der Waals surface area (Å²) >= 11 is 6.18. The zero-order valence-electron chi connectivity index (χ0n) is 17.5. The molecule has 0 aromatic carbocycles. The number of aromatic nitrogens is 3. The molecule has 1 saturated heterocycles. The summed E-state index contributed by atoms with van der Waals surface area (Å²) in [6.45, 7) is 2.51. The van der Waals surface area contributed by atoms with Crippen molar-refractivity contribution in [3.05, 3.63) is 27.6 Å². The fourth-order valence-corrected chi connectivity index (χ4v) is 5.69. The Labute approximate surface area is 185 Å². The van der Waals surface area contributed by atoms with Crippen LogP contribution in [0.25, 0.3) is 11.0 Å². The van der Waals surface area contributed by atoms with Crippen molar-refractivity contribution < 1.29 is 13.5 Å². The summed E-state index contributed by atoms with van der Waals surface area (Å²) in [5.74, 6) is 0.357. The number of piperidine rings is 1. The van der Waals surface area contributed by atoms with E-state index in [1.165, 1.54) is 15.9 Å². The minimum absolute atomic E-state index is 0.00261. The van der Waals surface area contributed by atoms with Crippen LogP contribution in [-0.2, 0) is 10.2 Å². The molecular formula is C19H27ClN6O4S. The van der Waals surface area contributed by atoms with Gasteiger partial charge in [0.2, 0.25) is 5.95 Å². The molecule has 3 heterocycles. The largest absolute Gasteiger partial charge is 0.388 e. The van der Waals surface area contributed by atoms with Crippen LogP contribution in [0.3, 0.4) is 0 Å². The first-order chi connectivity index (χ1) is 14.6. The van der Waals surface area contributed by atoms with E-state index >= 15 is 0 Å². The van der Waals surface area contributed by atoms with Crippen LogP contribution in [0.4, 0.5) is 5.95 Å². The SMILES string of the molecule is CNS(=O)(=O)N1CCC(Nc2ncc3cc(Cl)c(=O)n([C@H]4CCC[C@]4(C)O)c3n2)CC1. The fraction of sp³-hybridized carbons (Fsp3) is 0.632. The van der Waals surface area contributed by atoms with Gasteiger partial charge in [-0.1, -0.05) is 11.6 Å². The van der Waals surface area contributed by atoms with Crippen LogP contribution < -0.4 is 15.6 Å². The third-order valence-corrected chi connectivity index (χ3v) is 8.14. The molecule has 10 nitrogen and oxygen atoms in total. The number of hydrogen-bond acceptors (Lipinski definition) is 7. The Morgan fingerprint density at radius 1 is 1.29 bits per heavy atom. The number of nitrogens with zero attached hydrogens (tertiary/aromatic N) is 4. The van der Waals surface area contributed by atoms with Crippen LogP contribution in [-0.4, -0.2) is 64.1 Å². The third-order valence-electron chi connectivity index (χ3n) is 6.30. The molecule has 2 aromatic rings. The van der Waals surface area contributed by atoms with E-state index in [9.17, 15) is 18.3 Å². The number of pyridine rings is 1. The van der Waals surface area contributed by atoms with Crippen molar-refractivity contribution in [2.75, 3.05) is 25.5 Å². The van der Waals surface area contributed by atoms with E-state index in [1.54, 1.807) is 19.2 Å². The topological polar surface area (TPSA) is 129 Å². The molecule has 1 aliphatic carbocycles. The molecule has 1 saturated carbocycles. The molecule has 2 aromatic heterocycles. The molecule has 2 aliphatic rings. The number of aliphatic hydroxyl groups is 1. The predicted molar refractivity (Wildman–Crippen MR) is 119 cm³/mol. The second-order valence-corrected chi connectivity index (χ2v) is 10.7. The lowest BCUT2D eigenvalue weighted by molar-refractivity contribution is 0.0267. The van der Waals surface area contributed by atoms with Gasteiger partial charge in [-0.2, -0.15) is 17.7 Å². The van der Waals surface area contributed by atoms with Gasteiger partial charge in [-0.25, -0.2) is 9.71 Å². The van der Waals surface area contributed by atoms with Crippen LogP contribution in [0, 0.1) is 0 Å². The maximum absolute atomic E-state index is 12.9. The maximum atomic E-state index is 12.9. The summed E-state index contributed by atoms with van der Waals surface area (Å²) in [5.41, 5.74) is -0.975. The molecule has 1 aliphatic heterocycles. The van der Waals surface area contributed by atoms with E-state index < -0.39 is 21.9 Å². The Bertz CT molecular complexity index is 1140. The van der Waals surface area contributed by atoms with Crippen molar-refractivity contribution in [1.82, 2.24) is 23.6 Å². The normalized spacial score (nSPS) is 25.9. The van der Waals surface area contributed by atoms with Crippen LogP contribution in [0.5, 0.6) is 0 Å². The zero-order valence-corrected chi connectivity index (χ0v) is 19.1. The molecule has 0 spiro atoms. The van der Waals surface area contributed by atoms with Gasteiger partial charge in [0.1, 0.15) is 10.7 Å². The average Bonchev–Trinajstić information content (AvgIpc) is 3.08. The lowest BCUT2D eigenvalue weighted by atomic mass is 10.00. The second-order valence-electron chi connectivity index (χ2n) is 8.43. The summed E-state index contributed by atoms with van der Waals surface area (Å²) in [6, 6.07) is 1.13. The first-order valence-electron chi connectivity index (χ1n) is 10.4. The molecule has 4 rings (SSSR count). The monoisotopic (exact) mass is 470 g/mol. The molecule has 170 valence electrons. The van der Waals surface area contributed by atoms with Gasteiger partial charge in [0, 0.05) is 37.8 Å². The molecular weight excluding hydrogens is 444 g/mol. The molecule has 31 heavy (non-hydrogen) atoms. The second kappa shape index (κ2) is 8.28. The molecule has 2 atom stereocenters. The number of anilines is 1. The summed E-state index contributed by atoms with van der Waals surface area (Å²) in [7, 11) is -2.03. The Hall–Kier alpha value is -1.79. The van der Waals surface area contributed by atoms with Gasteiger partial charge in [0.25, 0.3) is 15.8 Å². The van der Waals surface area contributed by atoms with Crippen molar-refractivity contribution >= 4 is 38.8 Å². The van der Waals surface area contributed by atoms with E-state index in [4.69, 9.17) is 11.6 Å². The van der Waals surface area contributed by atoms with E-state index in [-0.39, 0.29) is 16.6 Å². The number of hydrogen-bond donors (Lipinski definition) is 3. The highest BCUT2D eigenvalue weighted by atomic mass is 35.5. The minimum atomic E-state index is -3.43. The zero-order chi connectivity index (χ0) is 22.4. The Balaban J connectivity index is 1.62. The van der Waals surface area contributed by atoms with Gasteiger partial charge in [-0.05, 0) is 45.1 Å². The van der Waals surface area contributed by atoms with E-state index in [0.29, 0.717) is 55.8 Å². The number of nitrogens with one attached hydrogen (secondary N) is 2. The molecule has 12 heteroatoms. The van der Waals surface area contributed by atoms with E-state index in [0.717, 1.165) is 6.42 Å². The summed E-state index contributed by atoms with van der Waals surface area (Å²) in [4.78, 5) is 21.8. The van der Waals surface area contributed by atoms with Gasteiger partial charge in [0.15, 0.2) is 0 Å². The first-order valence-corrected chi connectivity index (χ1v) is 12.2. The number of fused-ring (bicyclic) bond motifs is 1. The van der Waals surface area contributed by atoms with Crippen molar-refractivity contribution in [3.63, 3.8) is 0 Å². The minimum Gasteiger partial charge on any atom is -0.388 e. The van der Waals surface area contributed by atoms with Crippen molar-refractivity contribution in [2.45, 2.75) is 56.7 Å². The van der Waals surface area contributed by atoms with Gasteiger partial charge in [-0.15, -0.1) is 0 Å². The van der Waals surface area contributed by atoms with Gasteiger partial charge < -0.3 is 10.4 Å². The molecule has 0 bridgehead atoms. The summed E-state index contributed by atoms with van der Waals surface area (Å²) in [5, 5.41) is 14.7. The van der Waals surface area contributed by atoms with Gasteiger partial charge >= 0.3 is 0 Å². The quantitative estimate of drug-likeness (QED) is 0.599. The van der Waals surface area contributed by atoms with Crippen molar-refractivity contribution in [3.8, 4) is 0 Å². The lowest BCUT2D eigenvalue weighted by Gasteiger charge is -2.31. The average molecular weight is 471 g/mol. The van der Waals surface area contributed by atoms with Crippen molar-refractivity contribution in [2.24, 2.45) is 0 Å². The van der Waals surface area contributed by atoms with Crippen LogP contribution in [0.1, 0.15) is 45.1 Å². The standard InChI is InChI=1S/C19H27ClN6O4S/c1-19(28)7-3-4-15(19)26-16-12(10-14(20)17(26)27)11-22-18(24-16)23-13-5-8-25(9-6-13)31(29,30)21-2/h10-11,13,15,21,28H,3-9H2,1-2H3,(H,22,23,24)/t15-,19-/m0/s1. The Morgan fingerprint density at radius 2 is 2.00 bits per heavy atom. The van der Waals surface area contributed by atoms with Gasteiger partial charge in [0.05, 0.1) is 11.6 Å². The van der Waals surface area contributed by atoms with Crippen LogP contribution in [0.15, 0.2) is 17.1 Å². The molecule has 0 unspecified atom stereocenters. The van der Waals surface area contributed by atoms with Crippen LogP contribution in [0.2, 0.25) is 5.02 Å². The van der Waals surface area contributed by atoms with Gasteiger partial charge in [-0.3, -0.25) is 9.36 Å².